The molecule has 1 saturated carbocycles. The summed E-state index contributed by atoms with van der Waals surface area (Å²) < 4.78 is 11.7. The summed E-state index contributed by atoms with van der Waals surface area (Å²) in [6.07, 6.45) is 3.93. The number of hydrogen-bond donors (Lipinski definition) is 2. The van der Waals surface area contributed by atoms with Crippen LogP contribution in [0.15, 0.2) is 33.9 Å². The van der Waals surface area contributed by atoms with Gasteiger partial charge in [-0.2, -0.15) is 0 Å². The predicted molar refractivity (Wildman–Crippen MR) is 96.2 cm³/mol. The van der Waals surface area contributed by atoms with Gasteiger partial charge in [-0.3, -0.25) is 0 Å². The number of hydrogen-bond acceptors (Lipinski definition) is 4. The maximum atomic E-state index is 12.8. The summed E-state index contributed by atoms with van der Waals surface area (Å²) >= 11 is 3.45. The Kier molecular flexibility index (Phi) is 5.32. The minimum absolute atomic E-state index is 0.0336. The number of benzene rings is 1. The van der Waals surface area contributed by atoms with Crippen LogP contribution in [0, 0.1) is 0 Å². The lowest BCUT2D eigenvalue weighted by Crippen LogP contribution is -2.45. The Morgan fingerprint density at radius 2 is 2.00 bits per heavy atom. The molecule has 0 spiro atoms. The molecule has 1 aromatic carbocycles. The molecule has 1 aromatic rings. The molecule has 0 unspecified atom stereocenters. The van der Waals surface area contributed by atoms with Gasteiger partial charge in [0.2, 0.25) is 0 Å². The van der Waals surface area contributed by atoms with Crippen molar-refractivity contribution in [1.29, 1.82) is 0 Å². The Bertz CT molecular complexity index is 726. The van der Waals surface area contributed by atoms with Gasteiger partial charge in [-0.05, 0) is 66.2 Å². The van der Waals surface area contributed by atoms with Crippen molar-refractivity contribution in [3.63, 3.8) is 0 Å². The van der Waals surface area contributed by atoms with Gasteiger partial charge in [0.1, 0.15) is 11.9 Å². The van der Waals surface area contributed by atoms with E-state index in [-0.39, 0.29) is 18.1 Å². The molecule has 7 heteroatoms. The number of rotatable bonds is 4. The summed E-state index contributed by atoms with van der Waals surface area (Å²) in [6, 6.07) is 4.56. The van der Waals surface area contributed by atoms with Crippen molar-refractivity contribution in [2.24, 2.45) is 0 Å². The van der Waals surface area contributed by atoms with Crippen LogP contribution in [0.2, 0.25) is 0 Å². The average molecular weight is 409 g/mol. The molecule has 1 aliphatic heterocycles. The Morgan fingerprint density at radius 1 is 1.28 bits per heavy atom. The highest BCUT2D eigenvalue weighted by atomic mass is 79.9. The van der Waals surface area contributed by atoms with E-state index in [9.17, 15) is 9.59 Å². The summed E-state index contributed by atoms with van der Waals surface area (Å²) in [5, 5.41) is 5.48. The highest BCUT2D eigenvalue weighted by Gasteiger charge is 2.34. The number of allylic oxidation sites excluding steroid dienone is 1. The molecule has 0 saturated heterocycles. The monoisotopic (exact) mass is 408 g/mol. The zero-order valence-corrected chi connectivity index (χ0v) is 15.8. The lowest BCUT2D eigenvalue weighted by atomic mass is 9.95. The first-order valence-electron chi connectivity index (χ1n) is 8.32. The van der Waals surface area contributed by atoms with Crippen molar-refractivity contribution in [2.45, 2.75) is 44.8 Å². The van der Waals surface area contributed by atoms with E-state index in [4.69, 9.17) is 9.47 Å². The number of methoxy groups -OCH3 is 1. The van der Waals surface area contributed by atoms with Crippen LogP contribution in [0.25, 0.3) is 0 Å². The number of urea groups is 1. The van der Waals surface area contributed by atoms with Crippen LogP contribution in [0.5, 0.6) is 5.75 Å². The van der Waals surface area contributed by atoms with Gasteiger partial charge in [0.15, 0.2) is 0 Å². The highest BCUT2D eigenvalue weighted by molar-refractivity contribution is 9.10. The Labute approximate surface area is 155 Å². The summed E-state index contributed by atoms with van der Waals surface area (Å²) in [5.41, 5.74) is 1.73. The van der Waals surface area contributed by atoms with Gasteiger partial charge in [-0.1, -0.05) is 6.07 Å². The molecule has 1 atom stereocenters. The van der Waals surface area contributed by atoms with Gasteiger partial charge in [0.25, 0.3) is 0 Å². The zero-order chi connectivity index (χ0) is 18.0. The second-order valence-corrected chi connectivity index (χ2v) is 7.13. The van der Waals surface area contributed by atoms with Crippen molar-refractivity contribution >= 4 is 27.9 Å². The van der Waals surface area contributed by atoms with E-state index in [0.717, 1.165) is 35.7 Å². The zero-order valence-electron chi connectivity index (χ0n) is 14.2. The van der Waals surface area contributed by atoms with E-state index in [1.165, 1.54) is 0 Å². The number of ether oxygens (including phenoxy) is 2. The number of esters is 1. The Balaban J connectivity index is 1.91. The van der Waals surface area contributed by atoms with Crippen LogP contribution in [0.1, 0.15) is 44.2 Å². The van der Waals surface area contributed by atoms with Gasteiger partial charge in [0, 0.05) is 5.70 Å². The van der Waals surface area contributed by atoms with E-state index in [1.807, 2.05) is 12.1 Å². The first kappa shape index (κ1) is 17.8. The molecule has 0 bridgehead atoms. The molecular formula is C18H21BrN2O4. The maximum Gasteiger partial charge on any atom is 0.338 e. The van der Waals surface area contributed by atoms with Crippen LogP contribution in [0.3, 0.4) is 0 Å². The summed E-state index contributed by atoms with van der Waals surface area (Å²) in [6.45, 7) is 1.72. The number of halogens is 1. The smallest absolute Gasteiger partial charge is 0.338 e. The largest absolute Gasteiger partial charge is 0.496 e. The van der Waals surface area contributed by atoms with E-state index < -0.39 is 6.04 Å². The topological polar surface area (TPSA) is 76.7 Å². The fourth-order valence-electron chi connectivity index (χ4n) is 3.30. The normalized spacial score (nSPS) is 20.9. The molecule has 2 amide bonds. The lowest BCUT2D eigenvalue weighted by Gasteiger charge is -2.29. The molecule has 0 radical (unpaired) electrons. The van der Waals surface area contributed by atoms with Crippen LogP contribution in [0.4, 0.5) is 4.79 Å². The molecular weight excluding hydrogens is 388 g/mol. The van der Waals surface area contributed by atoms with Gasteiger partial charge in [0.05, 0.1) is 23.2 Å². The van der Waals surface area contributed by atoms with E-state index >= 15 is 0 Å². The molecule has 2 aliphatic rings. The van der Waals surface area contributed by atoms with Crippen molar-refractivity contribution < 1.29 is 19.1 Å². The number of carbonyl (C=O) groups excluding carboxylic acids is 2. The molecule has 2 N–H and O–H groups in total. The predicted octanol–water partition coefficient (Wildman–Crippen LogP) is 3.57. The van der Waals surface area contributed by atoms with Crippen molar-refractivity contribution in [1.82, 2.24) is 10.6 Å². The van der Waals surface area contributed by atoms with Crippen LogP contribution in [-0.4, -0.2) is 25.2 Å². The molecule has 0 aromatic heterocycles. The molecule has 1 heterocycles. The second kappa shape index (κ2) is 7.47. The highest BCUT2D eigenvalue weighted by Crippen LogP contribution is 2.34. The molecule has 1 fully saturated rings. The summed E-state index contributed by atoms with van der Waals surface area (Å²) in [7, 11) is 1.58. The Hall–Kier alpha value is -2.02. The van der Waals surface area contributed by atoms with Crippen molar-refractivity contribution in [3.05, 3.63) is 39.5 Å². The van der Waals surface area contributed by atoms with Gasteiger partial charge >= 0.3 is 12.0 Å². The van der Waals surface area contributed by atoms with Gasteiger partial charge in [-0.15, -0.1) is 0 Å². The van der Waals surface area contributed by atoms with Crippen LogP contribution >= 0.6 is 15.9 Å². The minimum atomic E-state index is -0.565. The second-order valence-electron chi connectivity index (χ2n) is 6.28. The molecule has 6 nitrogen and oxygen atoms in total. The average Bonchev–Trinajstić information content (AvgIpc) is 3.06. The fourth-order valence-corrected chi connectivity index (χ4v) is 3.86. The quantitative estimate of drug-likeness (QED) is 0.746. The molecule has 3 rings (SSSR count). The Morgan fingerprint density at radius 3 is 2.64 bits per heavy atom. The molecule has 1 aliphatic carbocycles. The van der Waals surface area contributed by atoms with Crippen molar-refractivity contribution in [3.8, 4) is 5.75 Å². The lowest BCUT2D eigenvalue weighted by molar-refractivity contribution is -0.144. The maximum absolute atomic E-state index is 12.8. The standard InChI is InChI=1S/C18H21BrN2O4/c1-10-15(17(22)25-12-5-3-4-6-12)16(21-18(23)20-10)11-7-8-14(24-2)13(19)9-11/h7-9,12,16H,3-6H2,1-2H3,(H2,20,21,23)/t16-/m0/s1. The third-order valence-electron chi connectivity index (χ3n) is 4.57. The van der Waals surface area contributed by atoms with Crippen LogP contribution < -0.4 is 15.4 Å². The first-order valence-corrected chi connectivity index (χ1v) is 9.11. The number of nitrogens with one attached hydrogen (secondary N) is 2. The van der Waals surface area contributed by atoms with Crippen LogP contribution in [-0.2, 0) is 9.53 Å². The minimum Gasteiger partial charge on any atom is -0.496 e. The van der Waals surface area contributed by atoms with Gasteiger partial charge < -0.3 is 20.1 Å². The van der Waals surface area contributed by atoms with Gasteiger partial charge in [-0.25, -0.2) is 9.59 Å². The van der Waals surface area contributed by atoms with E-state index in [2.05, 4.69) is 26.6 Å². The third kappa shape index (κ3) is 3.81. The van der Waals surface area contributed by atoms with E-state index in [0.29, 0.717) is 17.0 Å². The first-order chi connectivity index (χ1) is 12.0. The molecule has 25 heavy (non-hydrogen) atoms. The number of amides is 2. The van der Waals surface area contributed by atoms with Crippen molar-refractivity contribution in [2.75, 3.05) is 7.11 Å². The van der Waals surface area contributed by atoms with E-state index in [1.54, 1.807) is 20.1 Å². The SMILES string of the molecule is COc1ccc([C@@H]2NC(=O)NC(C)=C2C(=O)OC2CCCC2)cc1Br. The summed E-state index contributed by atoms with van der Waals surface area (Å²) in [5.74, 6) is 0.300. The third-order valence-corrected chi connectivity index (χ3v) is 5.19. The number of carbonyl (C=O) groups is 2. The summed E-state index contributed by atoms with van der Waals surface area (Å²) in [4.78, 5) is 24.7. The fraction of sp³-hybridized carbons (Fsp3) is 0.444. The molecule has 134 valence electrons.